The van der Waals surface area contributed by atoms with Crippen LogP contribution in [0.3, 0.4) is 0 Å². The van der Waals surface area contributed by atoms with Crippen LogP contribution in [-0.4, -0.2) is 41.6 Å². The van der Waals surface area contributed by atoms with Crippen molar-refractivity contribution in [3.05, 3.63) is 0 Å². The lowest BCUT2D eigenvalue weighted by molar-refractivity contribution is -0.137. The molecule has 0 bridgehead atoms. The highest BCUT2D eigenvalue weighted by atomic mass is 19.1. The molecule has 0 spiro atoms. The average molecular weight is 245 g/mol. The largest absolute Gasteiger partial charge is 0.444 e. The van der Waals surface area contributed by atoms with Crippen molar-refractivity contribution >= 4 is 11.9 Å². The monoisotopic (exact) mass is 245 g/mol. The predicted molar refractivity (Wildman–Crippen MR) is 61.5 cm³/mol. The molecule has 1 amide bonds. The molecule has 1 aliphatic heterocycles. The third-order valence-corrected chi connectivity index (χ3v) is 2.57. The second-order valence-electron chi connectivity index (χ2n) is 6.08. The normalized spacial score (nSPS) is 24.7. The summed E-state index contributed by atoms with van der Waals surface area (Å²) in [4.78, 5) is 24.6. The zero-order valence-corrected chi connectivity index (χ0v) is 11.0. The van der Waals surface area contributed by atoms with E-state index in [1.54, 1.807) is 34.6 Å². The van der Waals surface area contributed by atoms with Gasteiger partial charge in [-0.15, -0.1) is 0 Å². The van der Waals surface area contributed by atoms with Gasteiger partial charge in [0.1, 0.15) is 5.60 Å². The highest BCUT2D eigenvalue weighted by Crippen LogP contribution is 2.28. The molecule has 0 N–H and O–H groups in total. The average Bonchev–Trinajstić information content (AvgIpc) is 2.10. The molecule has 4 nitrogen and oxygen atoms in total. The molecular weight excluding hydrogens is 225 g/mol. The van der Waals surface area contributed by atoms with Gasteiger partial charge in [0, 0.05) is 12.0 Å². The number of nitrogens with zero attached hydrogens (tertiary/aromatic N) is 1. The van der Waals surface area contributed by atoms with Crippen molar-refractivity contribution in [3.63, 3.8) is 0 Å². The molecule has 0 radical (unpaired) electrons. The van der Waals surface area contributed by atoms with Gasteiger partial charge in [0.25, 0.3) is 0 Å². The van der Waals surface area contributed by atoms with Crippen molar-refractivity contribution in [2.45, 2.75) is 46.4 Å². The maximum Gasteiger partial charge on any atom is 0.410 e. The molecule has 0 aromatic heterocycles. The van der Waals surface area contributed by atoms with Gasteiger partial charge in [0.2, 0.25) is 0 Å². The summed E-state index contributed by atoms with van der Waals surface area (Å²) in [5, 5.41) is 0. The molecule has 0 aromatic rings. The molecule has 1 saturated heterocycles. The number of Topliss-reactive ketones (excluding diaryl/α,β-unsaturated/α-hetero) is 1. The Kier molecular flexibility index (Phi) is 3.50. The van der Waals surface area contributed by atoms with E-state index < -0.39 is 29.1 Å². The lowest BCUT2D eigenvalue weighted by atomic mass is 9.82. The number of carbonyl (C=O) groups is 2. The van der Waals surface area contributed by atoms with Gasteiger partial charge in [0.05, 0.1) is 6.54 Å². The fourth-order valence-corrected chi connectivity index (χ4v) is 1.79. The van der Waals surface area contributed by atoms with Crippen LogP contribution in [0.1, 0.15) is 34.6 Å². The van der Waals surface area contributed by atoms with Crippen LogP contribution in [0.4, 0.5) is 9.18 Å². The zero-order valence-electron chi connectivity index (χ0n) is 11.0. The van der Waals surface area contributed by atoms with Gasteiger partial charge in [-0.1, -0.05) is 13.8 Å². The van der Waals surface area contributed by atoms with Gasteiger partial charge in [-0.25, -0.2) is 9.18 Å². The molecular formula is C12H20FNO3. The van der Waals surface area contributed by atoms with Gasteiger partial charge in [-0.3, -0.25) is 4.79 Å². The summed E-state index contributed by atoms with van der Waals surface area (Å²) in [6.45, 7) is 8.50. The Bertz CT molecular complexity index is 333. The molecule has 1 heterocycles. The van der Waals surface area contributed by atoms with Crippen LogP contribution in [0, 0.1) is 5.41 Å². The highest BCUT2D eigenvalue weighted by molar-refractivity contribution is 5.90. The Morgan fingerprint density at radius 3 is 2.41 bits per heavy atom. The summed E-state index contributed by atoms with van der Waals surface area (Å²) in [6.07, 6.45) is -2.19. The minimum Gasteiger partial charge on any atom is -0.444 e. The van der Waals surface area contributed by atoms with E-state index in [4.69, 9.17) is 4.74 Å². The van der Waals surface area contributed by atoms with Crippen LogP contribution >= 0.6 is 0 Å². The third-order valence-electron chi connectivity index (χ3n) is 2.57. The first kappa shape index (κ1) is 13.9. The first-order chi connectivity index (χ1) is 7.53. The highest BCUT2D eigenvalue weighted by Gasteiger charge is 2.43. The lowest BCUT2D eigenvalue weighted by Gasteiger charge is -2.38. The molecule has 1 fully saturated rings. The number of halogens is 1. The molecule has 0 unspecified atom stereocenters. The smallest absolute Gasteiger partial charge is 0.410 e. The van der Waals surface area contributed by atoms with Crippen LogP contribution in [0.25, 0.3) is 0 Å². The lowest BCUT2D eigenvalue weighted by Crippen LogP contribution is -2.55. The summed E-state index contributed by atoms with van der Waals surface area (Å²) in [5.74, 6) is -0.447. The Hall–Kier alpha value is -1.13. The number of likely N-dealkylation sites (tertiary alicyclic amines) is 1. The zero-order chi connectivity index (χ0) is 13.4. The summed E-state index contributed by atoms with van der Waals surface area (Å²) >= 11 is 0. The first-order valence-corrected chi connectivity index (χ1v) is 5.69. The van der Waals surface area contributed by atoms with E-state index in [9.17, 15) is 14.0 Å². The molecule has 1 rings (SSSR count). The number of ketones is 1. The predicted octanol–water partition coefficient (Wildman–Crippen LogP) is 2.17. The summed E-state index contributed by atoms with van der Waals surface area (Å²) in [7, 11) is 0. The second-order valence-corrected chi connectivity index (χ2v) is 6.08. The van der Waals surface area contributed by atoms with Gasteiger partial charge >= 0.3 is 6.09 Å². The van der Waals surface area contributed by atoms with Crippen molar-refractivity contribution in [1.82, 2.24) is 4.90 Å². The standard InChI is InChI=1S/C12H20FNO3/c1-11(2,3)17-10(16)14-6-8(13)9(15)12(4,5)7-14/h8H,6-7H2,1-5H3/t8-/m0/s1. The van der Waals surface area contributed by atoms with E-state index in [-0.39, 0.29) is 13.1 Å². The van der Waals surface area contributed by atoms with Crippen molar-refractivity contribution in [3.8, 4) is 0 Å². The van der Waals surface area contributed by atoms with Gasteiger partial charge < -0.3 is 9.64 Å². The summed E-state index contributed by atoms with van der Waals surface area (Å²) in [5.41, 5.74) is -1.47. The molecule has 0 aromatic carbocycles. The molecule has 1 atom stereocenters. The molecule has 17 heavy (non-hydrogen) atoms. The molecule has 0 aliphatic carbocycles. The summed E-state index contributed by atoms with van der Waals surface area (Å²) < 4.78 is 18.7. The van der Waals surface area contributed by atoms with E-state index in [0.717, 1.165) is 0 Å². The summed E-state index contributed by atoms with van der Waals surface area (Å²) in [6, 6.07) is 0. The Balaban J connectivity index is 2.74. The minimum absolute atomic E-state index is 0.196. The molecule has 98 valence electrons. The fraction of sp³-hybridized carbons (Fsp3) is 0.833. The number of rotatable bonds is 0. The van der Waals surface area contributed by atoms with Crippen molar-refractivity contribution in [2.75, 3.05) is 13.1 Å². The maximum absolute atomic E-state index is 13.5. The van der Waals surface area contributed by atoms with Crippen LogP contribution in [0.2, 0.25) is 0 Å². The van der Waals surface area contributed by atoms with Crippen LogP contribution < -0.4 is 0 Å². The molecule has 0 saturated carbocycles. The SMILES string of the molecule is CC(C)(C)OC(=O)N1C[C@H](F)C(=O)C(C)(C)C1. The van der Waals surface area contributed by atoms with Crippen molar-refractivity contribution in [2.24, 2.45) is 5.41 Å². The Morgan fingerprint density at radius 1 is 1.47 bits per heavy atom. The van der Waals surface area contributed by atoms with Gasteiger partial charge in [-0.2, -0.15) is 0 Å². The third kappa shape index (κ3) is 3.41. The van der Waals surface area contributed by atoms with Crippen LogP contribution in [0.15, 0.2) is 0 Å². The number of piperidine rings is 1. The first-order valence-electron chi connectivity index (χ1n) is 5.69. The Labute approximate surface area is 101 Å². The van der Waals surface area contributed by atoms with Crippen LogP contribution in [0.5, 0.6) is 0 Å². The molecule has 5 heteroatoms. The van der Waals surface area contributed by atoms with Crippen molar-refractivity contribution < 1.29 is 18.7 Å². The minimum atomic E-state index is -1.62. The number of hydrogen-bond acceptors (Lipinski definition) is 3. The quantitative estimate of drug-likeness (QED) is 0.657. The van der Waals surface area contributed by atoms with Gasteiger partial charge in [-0.05, 0) is 20.8 Å². The number of carbonyl (C=O) groups excluding carboxylic acids is 2. The number of alkyl halides is 1. The molecule has 1 aliphatic rings. The van der Waals surface area contributed by atoms with Crippen molar-refractivity contribution in [1.29, 1.82) is 0 Å². The topological polar surface area (TPSA) is 46.6 Å². The van der Waals surface area contributed by atoms with E-state index in [1.807, 2.05) is 0 Å². The van der Waals surface area contributed by atoms with E-state index >= 15 is 0 Å². The number of ether oxygens (including phenoxy) is 1. The van der Waals surface area contributed by atoms with E-state index in [2.05, 4.69) is 0 Å². The number of hydrogen-bond donors (Lipinski definition) is 0. The van der Waals surface area contributed by atoms with Crippen LogP contribution in [-0.2, 0) is 9.53 Å². The maximum atomic E-state index is 13.5. The second kappa shape index (κ2) is 4.27. The Morgan fingerprint density at radius 2 is 2.00 bits per heavy atom. The van der Waals surface area contributed by atoms with E-state index in [1.165, 1.54) is 4.90 Å². The van der Waals surface area contributed by atoms with E-state index in [0.29, 0.717) is 0 Å². The number of amides is 1. The fourth-order valence-electron chi connectivity index (χ4n) is 1.79. The van der Waals surface area contributed by atoms with Gasteiger partial charge in [0.15, 0.2) is 12.0 Å².